The molecular weight excluding hydrogens is 274 g/mol. The van der Waals surface area contributed by atoms with Crippen LogP contribution in [0.3, 0.4) is 0 Å². The van der Waals surface area contributed by atoms with Gasteiger partial charge in [-0.05, 0) is 25.6 Å². The third-order valence-corrected chi connectivity index (χ3v) is 3.55. The zero-order valence-corrected chi connectivity index (χ0v) is 12.9. The largest absolute Gasteiger partial charge is 0.303 e. The fourth-order valence-corrected chi connectivity index (χ4v) is 2.57. The number of imidazole rings is 1. The molecule has 3 aromatic rings. The predicted molar refractivity (Wildman–Crippen MR) is 86.2 cm³/mol. The van der Waals surface area contributed by atoms with E-state index in [9.17, 15) is 0 Å². The van der Waals surface area contributed by atoms with Crippen molar-refractivity contribution >= 4 is 5.65 Å². The summed E-state index contributed by atoms with van der Waals surface area (Å²) in [7, 11) is 2.09. The molecule has 5 nitrogen and oxygen atoms in total. The number of fused-ring (bicyclic) bond motifs is 1. The lowest BCUT2D eigenvalue weighted by Gasteiger charge is -2.15. The van der Waals surface area contributed by atoms with E-state index in [4.69, 9.17) is 6.42 Å². The lowest BCUT2D eigenvalue weighted by molar-refractivity contribution is 0.314. The van der Waals surface area contributed by atoms with E-state index < -0.39 is 0 Å². The fraction of sp³-hybridized carbons (Fsp3) is 0.294. The Kier molecular flexibility index (Phi) is 3.94. The molecule has 0 unspecified atom stereocenters. The quantitative estimate of drug-likeness (QED) is 0.676. The molecule has 0 amide bonds. The van der Waals surface area contributed by atoms with Crippen LogP contribution in [0, 0.1) is 19.3 Å². The van der Waals surface area contributed by atoms with Crippen molar-refractivity contribution in [3.05, 3.63) is 53.7 Å². The van der Waals surface area contributed by atoms with Crippen molar-refractivity contribution in [1.82, 2.24) is 24.1 Å². The van der Waals surface area contributed by atoms with Gasteiger partial charge in [0.1, 0.15) is 12.2 Å². The number of terminal acetylenes is 1. The molecule has 0 aliphatic rings. The minimum absolute atomic E-state index is 0.510. The molecule has 5 heteroatoms. The van der Waals surface area contributed by atoms with Gasteiger partial charge in [0.15, 0.2) is 0 Å². The summed E-state index contributed by atoms with van der Waals surface area (Å²) in [6, 6.07) is 4.12. The molecule has 3 rings (SSSR count). The van der Waals surface area contributed by atoms with Crippen LogP contribution in [0.4, 0.5) is 0 Å². The summed E-state index contributed by atoms with van der Waals surface area (Å²) in [6.45, 7) is 4.25. The van der Waals surface area contributed by atoms with E-state index in [1.54, 1.807) is 4.68 Å². The molecule has 0 aliphatic heterocycles. The molecule has 0 saturated carbocycles. The maximum Gasteiger partial charge on any atom is 0.136 e. The number of nitrogens with zero attached hydrogens (tertiary/aromatic N) is 5. The second-order valence-electron chi connectivity index (χ2n) is 5.61. The first kappa shape index (κ1) is 14.4. The lowest BCUT2D eigenvalue weighted by atomic mass is 10.3. The van der Waals surface area contributed by atoms with Gasteiger partial charge >= 0.3 is 0 Å². The van der Waals surface area contributed by atoms with Gasteiger partial charge in [-0.25, -0.2) is 4.98 Å². The van der Waals surface area contributed by atoms with Crippen molar-refractivity contribution < 1.29 is 0 Å². The van der Waals surface area contributed by atoms with Gasteiger partial charge in [-0.3, -0.25) is 9.58 Å². The van der Waals surface area contributed by atoms with Crippen LogP contribution < -0.4 is 0 Å². The average Bonchev–Trinajstić information content (AvgIpc) is 3.07. The first-order valence-electron chi connectivity index (χ1n) is 7.21. The zero-order chi connectivity index (χ0) is 15.5. The number of hydrogen-bond acceptors (Lipinski definition) is 3. The van der Waals surface area contributed by atoms with E-state index >= 15 is 0 Å². The molecule has 0 bridgehead atoms. The van der Waals surface area contributed by atoms with E-state index in [1.165, 1.54) is 11.3 Å². The summed E-state index contributed by atoms with van der Waals surface area (Å²) >= 11 is 0. The molecule has 0 fully saturated rings. The van der Waals surface area contributed by atoms with Crippen molar-refractivity contribution in [2.75, 3.05) is 7.05 Å². The second kappa shape index (κ2) is 6.04. The molecule has 0 N–H and O–H groups in total. The van der Waals surface area contributed by atoms with Crippen LogP contribution in [0.25, 0.3) is 5.65 Å². The summed E-state index contributed by atoms with van der Waals surface area (Å²) in [5.41, 5.74) is 4.54. The highest BCUT2D eigenvalue weighted by atomic mass is 15.3. The highest BCUT2D eigenvalue weighted by Crippen LogP contribution is 2.12. The Morgan fingerprint density at radius 2 is 2.09 bits per heavy atom. The van der Waals surface area contributed by atoms with Crippen LogP contribution >= 0.6 is 0 Å². The van der Waals surface area contributed by atoms with E-state index in [0.29, 0.717) is 6.54 Å². The van der Waals surface area contributed by atoms with Crippen LogP contribution in [0.15, 0.2) is 36.9 Å². The minimum Gasteiger partial charge on any atom is -0.303 e. The predicted octanol–water partition coefficient (Wildman–Crippen LogP) is 2.10. The summed E-state index contributed by atoms with van der Waals surface area (Å²) in [5, 5.41) is 4.25. The van der Waals surface area contributed by atoms with Gasteiger partial charge in [-0.2, -0.15) is 5.10 Å². The molecule has 0 aliphatic carbocycles. The van der Waals surface area contributed by atoms with Crippen molar-refractivity contribution in [1.29, 1.82) is 0 Å². The highest BCUT2D eigenvalue weighted by Gasteiger charge is 2.08. The Morgan fingerprint density at radius 3 is 2.91 bits per heavy atom. The van der Waals surface area contributed by atoms with Crippen LogP contribution in [0.2, 0.25) is 0 Å². The van der Waals surface area contributed by atoms with Crippen LogP contribution in [-0.2, 0) is 19.6 Å². The summed E-state index contributed by atoms with van der Waals surface area (Å²) in [4.78, 5) is 6.69. The Labute approximate surface area is 130 Å². The number of aryl methyl sites for hydroxylation is 1. The van der Waals surface area contributed by atoms with Crippen LogP contribution in [0.5, 0.6) is 0 Å². The maximum atomic E-state index is 5.30. The molecule has 112 valence electrons. The first-order valence-corrected chi connectivity index (χ1v) is 7.21. The van der Waals surface area contributed by atoms with E-state index in [1.807, 2.05) is 24.7 Å². The van der Waals surface area contributed by atoms with E-state index in [0.717, 1.165) is 24.3 Å². The van der Waals surface area contributed by atoms with Gasteiger partial charge in [0, 0.05) is 31.0 Å². The van der Waals surface area contributed by atoms with Crippen molar-refractivity contribution in [3.63, 3.8) is 0 Å². The molecule has 3 aromatic heterocycles. The van der Waals surface area contributed by atoms with E-state index in [2.05, 4.69) is 51.5 Å². The van der Waals surface area contributed by atoms with Gasteiger partial charge in [-0.15, -0.1) is 6.42 Å². The van der Waals surface area contributed by atoms with Crippen molar-refractivity contribution in [3.8, 4) is 12.3 Å². The Bertz CT molecular complexity index is 821. The number of hydrogen-bond donors (Lipinski definition) is 0. The fourth-order valence-electron chi connectivity index (χ4n) is 2.57. The SMILES string of the molecule is C#CCn1cc(CN(C)Cc2cnc3ccc(C)cn23)cn1. The molecule has 0 spiro atoms. The smallest absolute Gasteiger partial charge is 0.136 e. The summed E-state index contributed by atoms with van der Waals surface area (Å²) in [6.07, 6.45) is 13.2. The lowest BCUT2D eigenvalue weighted by Crippen LogP contribution is -2.18. The first-order chi connectivity index (χ1) is 10.7. The standard InChI is InChI=1S/C17H19N5/c1-4-7-21-12-15(8-19-21)11-20(3)13-16-9-18-17-6-5-14(2)10-22(16)17/h1,5-6,8-10,12H,7,11,13H2,2-3H3. The third-order valence-electron chi connectivity index (χ3n) is 3.55. The molecular formula is C17H19N5. The third kappa shape index (κ3) is 3.02. The molecule has 0 saturated heterocycles. The summed E-state index contributed by atoms with van der Waals surface area (Å²) < 4.78 is 3.92. The zero-order valence-electron chi connectivity index (χ0n) is 12.9. The number of pyridine rings is 1. The van der Waals surface area contributed by atoms with Crippen molar-refractivity contribution in [2.45, 2.75) is 26.6 Å². The van der Waals surface area contributed by atoms with Gasteiger partial charge < -0.3 is 4.40 Å². The topological polar surface area (TPSA) is 38.4 Å². The molecule has 22 heavy (non-hydrogen) atoms. The molecule has 0 atom stereocenters. The van der Waals surface area contributed by atoms with Gasteiger partial charge in [0.25, 0.3) is 0 Å². The Morgan fingerprint density at radius 1 is 1.23 bits per heavy atom. The molecule has 3 heterocycles. The Hall–Kier alpha value is -2.58. The monoisotopic (exact) mass is 293 g/mol. The molecule has 0 radical (unpaired) electrons. The maximum absolute atomic E-state index is 5.30. The average molecular weight is 293 g/mol. The Balaban J connectivity index is 1.71. The normalized spacial score (nSPS) is 11.2. The second-order valence-corrected chi connectivity index (χ2v) is 5.61. The van der Waals surface area contributed by atoms with E-state index in [-0.39, 0.29) is 0 Å². The molecule has 0 aromatic carbocycles. The van der Waals surface area contributed by atoms with Gasteiger partial charge in [-0.1, -0.05) is 12.0 Å². The number of aromatic nitrogens is 4. The number of rotatable bonds is 5. The minimum atomic E-state index is 0.510. The highest BCUT2D eigenvalue weighted by molar-refractivity contribution is 5.41. The van der Waals surface area contributed by atoms with Crippen LogP contribution in [0.1, 0.15) is 16.8 Å². The van der Waals surface area contributed by atoms with Gasteiger partial charge in [0.05, 0.1) is 18.1 Å². The summed E-state index contributed by atoms with van der Waals surface area (Å²) in [5.74, 6) is 2.59. The van der Waals surface area contributed by atoms with Crippen molar-refractivity contribution in [2.24, 2.45) is 0 Å². The van der Waals surface area contributed by atoms with Gasteiger partial charge in [0.2, 0.25) is 0 Å². The van der Waals surface area contributed by atoms with Crippen LogP contribution in [-0.4, -0.2) is 31.1 Å².